The van der Waals surface area contributed by atoms with Gasteiger partial charge < -0.3 is 5.73 Å². The summed E-state index contributed by atoms with van der Waals surface area (Å²) in [5.41, 5.74) is 7.08. The molecule has 0 saturated carbocycles. The number of hydrogen-bond acceptors (Lipinski definition) is 4. The van der Waals surface area contributed by atoms with Crippen molar-refractivity contribution in [2.75, 3.05) is 10.5 Å². The summed E-state index contributed by atoms with van der Waals surface area (Å²) in [4.78, 5) is 0.173. The van der Waals surface area contributed by atoms with Crippen molar-refractivity contribution in [3.63, 3.8) is 0 Å². The molecule has 3 N–H and O–H groups in total. The van der Waals surface area contributed by atoms with Gasteiger partial charge in [-0.3, -0.25) is 9.40 Å². The third kappa shape index (κ3) is 2.45. The average Bonchev–Trinajstić information content (AvgIpc) is 2.66. The number of nitrogens with one attached hydrogen (secondary N) is 1. The Morgan fingerprint density at radius 3 is 2.72 bits per heavy atom. The molecule has 0 amide bonds. The van der Waals surface area contributed by atoms with Crippen LogP contribution >= 0.6 is 0 Å². The maximum Gasteiger partial charge on any atom is 0.262 e. The van der Waals surface area contributed by atoms with Gasteiger partial charge in [-0.25, -0.2) is 8.42 Å². The number of benzene rings is 1. The van der Waals surface area contributed by atoms with Gasteiger partial charge in [0.2, 0.25) is 0 Å². The molecule has 0 aliphatic heterocycles. The molecule has 1 aromatic carbocycles. The SMILES string of the molecule is Cc1ccc(N)cc1S(=O)(=O)Nc1cnn(C)c1. The van der Waals surface area contributed by atoms with Crippen LogP contribution in [-0.2, 0) is 17.1 Å². The van der Waals surface area contributed by atoms with Gasteiger partial charge in [-0.1, -0.05) is 6.07 Å². The van der Waals surface area contributed by atoms with Crippen LogP contribution in [0.1, 0.15) is 5.56 Å². The van der Waals surface area contributed by atoms with Gasteiger partial charge in [0.05, 0.1) is 16.8 Å². The number of aryl methyl sites for hydroxylation is 2. The Balaban J connectivity index is 2.39. The van der Waals surface area contributed by atoms with E-state index in [1.807, 2.05) is 0 Å². The summed E-state index contributed by atoms with van der Waals surface area (Å²) in [6.07, 6.45) is 3.03. The zero-order valence-electron chi connectivity index (χ0n) is 10.1. The molecule has 0 aliphatic rings. The molecule has 1 heterocycles. The molecule has 7 heteroatoms. The largest absolute Gasteiger partial charge is 0.399 e. The van der Waals surface area contributed by atoms with Gasteiger partial charge in [0, 0.05) is 18.9 Å². The van der Waals surface area contributed by atoms with Gasteiger partial charge in [-0.2, -0.15) is 5.10 Å². The van der Waals surface area contributed by atoms with Gasteiger partial charge in [0.15, 0.2) is 0 Å². The zero-order chi connectivity index (χ0) is 13.3. The van der Waals surface area contributed by atoms with Crippen molar-refractivity contribution >= 4 is 21.4 Å². The molecule has 6 nitrogen and oxygen atoms in total. The van der Waals surface area contributed by atoms with E-state index in [1.165, 1.54) is 16.9 Å². The van der Waals surface area contributed by atoms with Crippen LogP contribution < -0.4 is 10.5 Å². The fraction of sp³-hybridized carbons (Fsp3) is 0.182. The molecular formula is C11H14N4O2S. The Hall–Kier alpha value is -2.02. The van der Waals surface area contributed by atoms with Gasteiger partial charge in [0.1, 0.15) is 0 Å². The van der Waals surface area contributed by atoms with Crippen LogP contribution in [0.3, 0.4) is 0 Å². The number of nitrogen functional groups attached to an aromatic ring is 1. The standard InChI is InChI=1S/C11H14N4O2S/c1-8-3-4-9(12)5-11(8)18(16,17)14-10-6-13-15(2)7-10/h3-7,14H,12H2,1-2H3. The monoisotopic (exact) mass is 266 g/mol. The highest BCUT2D eigenvalue weighted by Crippen LogP contribution is 2.21. The summed E-state index contributed by atoms with van der Waals surface area (Å²) >= 11 is 0. The van der Waals surface area contributed by atoms with Gasteiger partial charge in [-0.05, 0) is 24.6 Å². The van der Waals surface area contributed by atoms with Crippen LogP contribution in [-0.4, -0.2) is 18.2 Å². The van der Waals surface area contributed by atoms with Crippen LogP contribution in [0.4, 0.5) is 11.4 Å². The van der Waals surface area contributed by atoms with E-state index in [0.717, 1.165) is 0 Å². The van der Waals surface area contributed by atoms with Crippen LogP contribution in [0.2, 0.25) is 0 Å². The maximum atomic E-state index is 12.2. The molecule has 0 fully saturated rings. The Bertz CT molecular complexity index is 676. The van der Waals surface area contributed by atoms with Crippen molar-refractivity contribution in [1.82, 2.24) is 9.78 Å². The first-order chi connectivity index (χ1) is 8.38. The molecule has 0 unspecified atom stereocenters. The van der Waals surface area contributed by atoms with E-state index in [9.17, 15) is 8.42 Å². The minimum atomic E-state index is -3.64. The Morgan fingerprint density at radius 1 is 1.39 bits per heavy atom. The fourth-order valence-electron chi connectivity index (χ4n) is 1.59. The summed E-state index contributed by atoms with van der Waals surface area (Å²) < 4.78 is 28.3. The minimum Gasteiger partial charge on any atom is -0.399 e. The fourth-order valence-corrected chi connectivity index (χ4v) is 2.90. The lowest BCUT2D eigenvalue weighted by Gasteiger charge is -2.09. The van der Waals surface area contributed by atoms with Crippen LogP contribution in [0, 0.1) is 6.92 Å². The van der Waals surface area contributed by atoms with E-state index in [4.69, 9.17) is 5.73 Å². The molecule has 2 rings (SSSR count). The van der Waals surface area contributed by atoms with Crippen LogP contribution in [0.25, 0.3) is 0 Å². The Kier molecular flexibility index (Phi) is 3.00. The summed E-state index contributed by atoms with van der Waals surface area (Å²) in [6.45, 7) is 1.72. The van der Waals surface area contributed by atoms with Gasteiger partial charge in [0.25, 0.3) is 10.0 Å². The molecule has 96 valence electrons. The molecule has 18 heavy (non-hydrogen) atoms. The summed E-state index contributed by atoms with van der Waals surface area (Å²) in [5.74, 6) is 0. The molecule has 0 spiro atoms. The second-order valence-electron chi connectivity index (χ2n) is 4.03. The summed E-state index contributed by atoms with van der Waals surface area (Å²) in [7, 11) is -1.92. The van der Waals surface area contributed by atoms with Crippen molar-refractivity contribution in [3.05, 3.63) is 36.2 Å². The first-order valence-electron chi connectivity index (χ1n) is 5.26. The molecule has 0 atom stereocenters. The Morgan fingerprint density at radius 2 is 2.11 bits per heavy atom. The minimum absolute atomic E-state index is 0.173. The highest BCUT2D eigenvalue weighted by Gasteiger charge is 2.17. The smallest absolute Gasteiger partial charge is 0.262 e. The molecule has 0 bridgehead atoms. The number of anilines is 2. The summed E-state index contributed by atoms with van der Waals surface area (Å²) in [5, 5.41) is 3.90. The molecule has 2 aromatic rings. The molecule has 0 saturated heterocycles. The van der Waals surface area contributed by atoms with Gasteiger partial charge >= 0.3 is 0 Å². The van der Waals surface area contributed by atoms with Crippen molar-refractivity contribution in [3.8, 4) is 0 Å². The Labute approximate surface area is 105 Å². The van der Waals surface area contributed by atoms with Crippen molar-refractivity contribution in [2.24, 2.45) is 7.05 Å². The highest BCUT2D eigenvalue weighted by atomic mass is 32.2. The van der Waals surface area contributed by atoms with E-state index < -0.39 is 10.0 Å². The highest BCUT2D eigenvalue weighted by molar-refractivity contribution is 7.92. The van der Waals surface area contributed by atoms with Gasteiger partial charge in [-0.15, -0.1) is 0 Å². The van der Waals surface area contributed by atoms with E-state index in [0.29, 0.717) is 16.9 Å². The first kappa shape index (κ1) is 12.4. The zero-order valence-corrected chi connectivity index (χ0v) is 10.9. The summed E-state index contributed by atoms with van der Waals surface area (Å²) in [6, 6.07) is 4.78. The number of hydrogen-bond donors (Lipinski definition) is 2. The number of nitrogens with two attached hydrogens (primary N) is 1. The number of rotatable bonds is 3. The molecule has 1 aromatic heterocycles. The predicted octanol–water partition coefficient (Wildman–Crippen LogP) is 1.11. The number of aromatic nitrogens is 2. The number of sulfonamides is 1. The molecular weight excluding hydrogens is 252 g/mol. The van der Waals surface area contributed by atoms with Crippen molar-refractivity contribution < 1.29 is 8.42 Å². The van der Waals surface area contributed by atoms with Crippen molar-refractivity contribution in [1.29, 1.82) is 0 Å². The average molecular weight is 266 g/mol. The number of nitrogens with zero attached hydrogens (tertiary/aromatic N) is 2. The lowest BCUT2D eigenvalue weighted by atomic mass is 10.2. The predicted molar refractivity (Wildman–Crippen MR) is 69.6 cm³/mol. The quantitative estimate of drug-likeness (QED) is 0.814. The van der Waals surface area contributed by atoms with E-state index in [1.54, 1.807) is 32.3 Å². The van der Waals surface area contributed by atoms with Crippen molar-refractivity contribution in [2.45, 2.75) is 11.8 Å². The second kappa shape index (κ2) is 4.34. The van der Waals surface area contributed by atoms with Crippen LogP contribution in [0.5, 0.6) is 0 Å². The van der Waals surface area contributed by atoms with E-state index in [2.05, 4.69) is 9.82 Å². The second-order valence-corrected chi connectivity index (χ2v) is 5.68. The van der Waals surface area contributed by atoms with E-state index >= 15 is 0 Å². The molecule has 0 aliphatic carbocycles. The first-order valence-corrected chi connectivity index (χ1v) is 6.74. The van der Waals surface area contributed by atoms with E-state index in [-0.39, 0.29) is 4.90 Å². The lowest BCUT2D eigenvalue weighted by Crippen LogP contribution is -2.14. The third-order valence-electron chi connectivity index (χ3n) is 2.46. The third-order valence-corrected chi connectivity index (χ3v) is 3.98. The topological polar surface area (TPSA) is 90.0 Å². The lowest BCUT2D eigenvalue weighted by molar-refractivity contribution is 0.600. The van der Waals surface area contributed by atoms with Crippen LogP contribution in [0.15, 0.2) is 35.5 Å². The maximum absolute atomic E-state index is 12.2. The normalized spacial score (nSPS) is 11.4. The molecule has 0 radical (unpaired) electrons.